The molecule has 0 saturated heterocycles. The number of hydrogen-bond donors (Lipinski definition) is 1. The minimum atomic E-state index is -0.128. The summed E-state index contributed by atoms with van der Waals surface area (Å²) in [4.78, 5) is 16.6. The first kappa shape index (κ1) is 14.6. The molecule has 1 aromatic heterocycles. The summed E-state index contributed by atoms with van der Waals surface area (Å²) in [5.41, 5.74) is 1.78. The van der Waals surface area contributed by atoms with Crippen molar-refractivity contribution in [2.45, 2.75) is 24.3 Å². The molecular formula is C16H18N2OS. The molecule has 0 saturated carbocycles. The Morgan fingerprint density at radius 1 is 1.25 bits per heavy atom. The Morgan fingerprint density at radius 2 is 2.00 bits per heavy atom. The molecule has 0 aliphatic rings. The van der Waals surface area contributed by atoms with E-state index in [2.05, 4.69) is 10.3 Å². The van der Waals surface area contributed by atoms with E-state index in [0.717, 1.165) is 22.7 Å². The summed E-state index contributed by atoms with van der Waals surface area (Å²) in [5, 5.41) is 3.87. The van der Waals surface area contributed by atoms with E-state index in [1.807, 2.05) is 55.6 Å². The molecule has 1 aromatic carbocycles. The molecule has 4 heteroatoms. The Kier molecular flexibility index (Phi) is 5.18. The van der Waals surface area contributed by atoms with Gasteiger partial charge in [0.15, 0.2) is 0 Å². The van der Waals surface area contributed by atoms with Crippen molar-refractivity contribution in [1.82, 2.24) is 4.98 Å². The van der Waals surface area contributed by atoms with Crippen LogP contribution in [0.3, 0.4) is 0 Å². The average Bonchev–Trinajstić information content (AvgIpc) is 2.50. The molecule has 2 aromatic rings. The monoisotopic (exact) mass is 286 g/mol. The molecule has 0 aliphatic carbocycles. The van der Waals surface area contributed by atoms with Crippen molar-refractivity contribution in [2.24, 2.45) is 0 Å². The van der Waals surface area contributed by atoms with Gasteiger partial charge in [-0.3, -0.25) is 4.79 Å². The second kappa shape index (κ2) is 7.10. The van der Waals surface area contributed by atoms with E-state index in [-0.39, 0.29) is 11.8 Å². The predicted octanol–water partition coefficient (Wildman–Crippen LogP) is 3.94. The summed E-state index contributed by atoms with van der Waals surface area (Å²) in [6, 6.07) is 13.6. The van der Waals surface area contributed by atoms with Crippen LogP contribution in [0.15, 0.2) is 53.7 Å². The van der Waals surface area contributed by atoms with Gasteiger partial charge in [0.2, 0.25) is 5.91 Å². The second-order valence-electron chi connectivity index (χ2n) is 4.45. The van der Waals surface area contributed by atoms with E-state index in [1.165, 1.54) is 0 Å². The van der Waals surface area contributed by atoms with Crippen molar-refractivity contribution >= 4 is 23.4 Å². The summed E-state index contributed by atoms with van der Waals surface area (Å²) in [7, 11) is 0. The fraction of sp³-hybridized carbons (Fsp3) is 0.250. The summed E-state index contributed by atoms with van der Waals surface area (Å²) in [6.45, 7) is 2.02. The van der Waals surface area contributed by atoms with Crippen LogP contribution in [0.5, 0.6) is 0 Å². The molecule has 0 bridgehead atoms. The number of hydrogen-bond acceptors (Lipinski definition) is 3. The predicted molar refractivity (Wildman–Crippen MR) is 84.1 cm³/mol. The van der Waals surface area contributed by atoms with E-state index < -0.39 is 0 Å². The van der Waals surface area contributed by atoms with Gasteiger partial charge in [-0.1, -0.05) is 37.3 Å². The largest absolute Gasteiger partial charge is 0.324 e. The molecule has 20 heavy (non-hydrogen) atoms. The highest BCUT2D eigenvalue weighted by atomic mass is 32.2. The molecular weight excluding hydrogens is 268 g/mol. The zero-order chi connectivity index (χ0) is 14.4. The van der Waals surface area contributed by atoms with Gasteiger partial charge in [0.1, 0.15) is 0 Å². The lowest BCUT2D eigenvalue weighted by molar-refractivity contribution is -0.117. The maximum absolute atomic E-state index is 12.4. The third-order valence-electron chi connectivity index (χ3n) is 3.14. The number of carbonyl (C=O) groups is 1. The van der Waals surface area contributed by atoms with Gasteiger partial charge in [-0.05, 0) is 30.4 Å². The van der Waals surface area contributed by atoms with Crippen LogP contribution < -0.4 is 5.32 Å². The average molecular weight is 286 g/mol. The number of amides is 1. The van der Waals surface area contributed by atoms with Crippen LogP contribution in [-0.2, 0) is 4.79 Å². The highest BCUT2D eigenvalue weighted by Gasteiger charge is 2.18. The van der Waals surface area contributed by atoms with Gasteiger partial charge in [-0.2, -0.15) is 0 Å². The van der Waals surface area contributed by atoms with Gasteiger partial charge in [-0.15, -0.1) is 11.8 Å². The van der Waals surface area contributed by atoms with Crippen LogP contribution in [0.1, 0.15) is 24.8 Å². The molecule has 1 amide bonds. The third kappa shape index (κ3) is 3.61. The van der Waals surface area contributed by atoms with Crippen LogP contribution in [0.25, 0.3) is 0 Å². The zero-order valence-corrected chi connectivity index (χ0v) is 12.5. The lowest BCUT2D eigenvalue weighted by atomic mass is 9.95. The van der Waals surface area contributed by atoms with Crippen molar-refractivity contribution in [2.75, 3.05) is 11.6 Å². The first-order valence-electron chi connectivity index (χ1n) is 6.60. The Labute approximate surface area is 123 Å². The highest BCUT2D eigenvalue weighted by molar-refractivity contribution is 7.98. The van der Waals surface area contributed by atoms with Gasteiger partial charge < -0.3 is 5.32 Å². The van der Waals surface area contributed by atoms with Gasteiger partial charge in [0.25, 0.3) is 0 Å². The van der Waals surface area contributed by atoms with Gasteiger partial charge in [0, 0.05) is 0 Å². The summed E-state index contributed by atoms with van der Waals surface area (Å²) in [6.07, 6.45) is 4.44. The van der Waals surface area contributed by atoms with Crippen LogP contribution in [0, 0.1) is 0 Å². The van der Waals surface area contributed by atoms with E-state index in [0.29, 0.717) is 0 Å². The van der Waals surface area contributed by atoms with Crippen LogP contribution in [0.4, 0.5) is 5.69 Å². The fourth-order valence-electron chi connectivity index (χ4n) is 2.06. The number of pyridine rings is 1. The number of nitrogens with one attached hydrogen (secondary N) is 1. The number of benzene rings is 1. The summed E-state index contributed by atoms with van der Waals surface area (Å²) >= 11 is 1.58. The van der Waals surface area contributed by atoms with E-state index in [1.54, 1.807) is 18.0 Å². The SMILES string of the molecule is CC[C@@H](C(=O)Nc1ccc(SC)nc1)c1ccccc1. The normalized spacial score (nSPS) is 11.9. The number of anilines is 1. The standard InChI is InChI=1S/C16H18N2OS/c1-3-14(12-7-5-4-6-8-12)16(19)18-13-9-10-15(20-2)17-11-13/h4-11,14H,3H2,1-2H3,(H,18,19)/t14-/m1/s1. The van der Waals surface area contributed by atoms with E-state index >= 15 is 0 Å². The fourth-order valence-corrected chi connectivity index (χ4v) is 2.42. The topological polar surface area (TPSA) is 42.0 Å². The van der Waals surface area contributed by atoms with Gasteiger partial charge in [-0.25, -0.2) is 4.98 Å². The van der Waals surface area contributed by atoms with Crippen LogP contribution in [0.2, 0.25) is 0 Å². The van der Waals surface area contributed by atoms with Crippen molar-refractivity contribution in [1.29, 1.82) is 0 Å². The van der Waals surface area contributed by atoms with Crippen LogP contribution >= 0.6 is 11.8 Å². The molecule has 3 nitrogen and oxygen atoms in total. The van der Waals surface area contributed by atoms with Crippen molar-refractivity contribution in [3.8, 4) is 0 Å². The number of carbonyl (C=O) groups excluding carboxylic acids is 1. The molecule has 0 unspecified atom stereocenters. The first-order valence-corrected chi connectivity index (χ1v) is 7.83. The molecule has 1 N–H and O–H groups in total. The lowest BCUT2D eigenvalue weighted by Crippen LogP contribution is -2.20. The maximum Gasteiger partial charge on any atom is 0.231 e. The molecule has 0 spiro atoms. The van der Waals surface area contributed by atoms with E-state index in [4.69, 9.17) is 0 Å². The molecule has 1 heterocycles. The minimum Gasteiger partial charge on any atom is -0.324 e. The van der Waals surface area contributed by atoms with Gasteiger partial charge in [0.05, 0.1) is 22.8 Å². The first-order chi connectivity index (χ1) is 9.74. The van der Waals surface area contributed by atoms with Gasteiger partial charge >= 0.3 is 0 Å². The van der Waals surface area contributed by atoms with Crippen molar-refractivity contribution < 1.29 is 4.79 Å². The number of thioether (sulfide) groups is 1. The third-order valence-corrected chi connectivity index (χ3v) is 3.80. The highest BCUT2D eigenvalue weighted by Crippen LogP contribution is 2.22. The molecule has 2 rings (SSSR count). The molecule has 0 radical (unpaired) electrons. The van der Waals surface area contributed by atoms with Crippen molar-refractivity contribution in [3.05, 3.63) is 54.2 Å². The molecule has 0 fully saturated rings. The Morgan fingerprint density at radius 3 is 2.55 bits per heavy atom. The Hall–Kier alpha value is -1.81. The summed E-state index contributed by atoms with van der Waals surface area (Å²) < 4.78 is 0. The number of rotatable bonds is 5. The second-order valence-corrected chi connectivity index (χ2v) is 5.28. The molecule has 0 aliphatic heterocycles. The lowest BCUT2D eigenvalue weighted by Gasteiger charge is -2.15. The molecule has 104 valence electrons. The molecule has 1 atom stereocenters. The minimum absolute atomic E-state index is 0.0115. The van der Waals surface area contributed by atoms with Crippen LogP contribution in [-0.4, -0.2) is 17.1 Å². The Bertz CT molecular complexity index is 554. The van der Waals surface area contributed by atoms with Crippen molar-refractivity contribution in [3.63, 3.8) is 0 Å². The number of nitrogens with zero attached hydrogens (tertiary/aromatic N) is 1. The maximum atomic E-state index is 12.4. The Balaban J connectivity index is 2.09. The number of aromatic nitrogens is 1. The van der Waals surface area contributed by atoms with E-state index in [9.17, 15) is 4.79 Å². The zero-order valence-electron chi connectivity index (χ0n) is 11.7. The summed E-state index contributed by atoms with van der Waals surface area (Å²) in [5.74, 6) is -0.117. The smallest absolute Gasteiger partial charge is 0.231 e. The quantitative estimate of drug-likeness (QED) is 0.847.